The van der Waals surface area contributed by atoms with E-state index in [1.54, 1.807) is 24.3 Å². The zero-order valence-electron chi connectivity index (χ0n) is 17.0. The van der Waals surface area contributed by atoms with Crippen LogP contribution in [0.3, 0.4) is 0 Å². The van der Waals surface area contributed by atoms with Gasteiger partial charge in [-0.1, -0.05) is 48.5 Å². The van der Waals surface area contributed by atoms with Gasteiger partial charge in [-0.15, -0.1) is 0 Å². The number of hydrogen-bond donors (Lipinski definition) is 1. The summed E-state index contributed by atoms with van der Waals surface area (Å²) < 4.78 is 10.5. The maximum Gasteiger partial charge on any atom is 0.311 e. The van der Waals surface area contributed by atoms with E-state index in [0.717, 1.165) is 10.8 Å². The third kappa shape index (κ3) is 4.35. The average Bonchev–Trinajstić information content (AvgIpc) is 3.19. The first kappa shape index (κ1) is 20.4. The molecule has 0 saturated carbocycles. The Bertz CT molecular complexity index is 1140. The van der Waals surface area contributed by atoms with E-state index in [1.807, 2.05) is 42.5 Å². The van der Waals surface area contributed by atoms with E-state index < -0.39 is 24.4 Å². The Morgan fingerprint density at radius 1 is 1.03 bits per heavy atom. The summed E-state index contributed by atoms with van der Waals surface area (Å²) in [6, 6.07) is 20.4. The van der Waals surface area contributed by atoms with Crippen LogP contribution in [0.25, 0.3) is 10.8 Å². The van der Waals surface area contributed by atoms with Gasteiger partial charge < -0.3 is 19.7 Å². The summed E-state index contributed by atoms with van der Waals surface area (Å²) in [5.74, 6) is -1.27. The number of anilines is 2. The maximum absolute atomic E-state index is 12.5. The fourth-order valence-electron chi connectivity index (χ4n) is 3.73. The number of amides is 2. The second kappa shape index (κ2) is 8.87. The summed E-state index contributed by atoms with van der Waals surface area (Å²) in [6.45, 7) is -0.232. The molecule has 0 aromatic heterocycles. The lowest BCUT2D eigenvalue weighted by molar-refractivity contribution is -0.151. The lowest BCUT2D eigenvalue weighted by Gasteiger charge is -2.19. The largest absolute Gasteiger partial charge is 0.495 e. The first-order valence-corrected chi connectivity index (χ1v) is 9.94. The normalized spacial score (nSPS) is 15.7. The van der Waals surface area contributed by atoms with Crippen molar-refractivity contribution in [3.05, 3.63) is 66.7 Å². The molecule has 0 unspecified atom stereocenters. The lowest BCUT2D eigenvalue weighted by Crippen LogP contribution is -2.28. The molecular formula is C24H22N2O5. The zero-order valence-corrected chi connectivity index (χ0v) is 17.0. The Balaban J connectivity index is 1.35. The third-order valence-electron chi connectivity index (χ3n) is 5.24. The average molecular weight is 418 g/mol. The number of para-hydroxylation sites is 2. The molecule has 1 aliphatic rings. The van der Waals surface area contributed by atoms with Crippen molar-refractivity contribution in [1.29, 1.82) is 0 Å². The molecule has 1 saturated heterocycles. The van der Waals surface area contributed by atoms with Crippen LogP contribution in [0.1, 0.15) is 6.42 Å². The molecule has 1 atom stereocenters. The highest BCUT2D eigenvalue weighted by Gasteiger charge is 2.37. The Labute approximate surface area is 179 Å². The number of nitrogens with zero attached hydrogens (tertiary/aromatic N) is 1. The van der Waals surface area contributed by atoms with Gasteiger partial charge in [0, 0.05) is 24.0 Å². The summed E-state index contributed by atoms with van der Waals surface area (Å²) in [7, 11) is 1.53. The zero-order chi connectivity index (χ0) is 21.8. The minimum atomic E-state index is -0.636. The lowest BCUT2D eigenvalue weighted by atomic mass is 10.1. The Morgan fingerprint density at radius 3 is 2.61 bits per heavy atom. The second-order valence-corrected chi connectivity index (χ2v) is 7.26. The van der Waals surface area contributed by atoms with E-state index in [1.165, 1.54) is 12.0 Å². The summed E-state index contributed by atoms with van der Waals surface area (Å²) >= 11 is 0. The SMILES string of the molecule is COc1ccccc1N1C[C@@H](C(=O)OCC(=O)Nc2cccc3ccccc23)CC1=O. The molecule has 3 aromatic carbocycles. The van der Waals surface area contributed by atoms with E-state index >= 15 is 0 Å². The van der Waals surface area contributed by atoms with Gasteiger partial charge in [-0.3, -0.25) is 14.4 Å². The highest BCUT2D eigenvalue weighted by atomic mass is 16.5. The van der Waals surface area contributed by atoms with Gasteiger partial charge in [-0.25, -0.2) is 0 Å². The van der Waals surface area contributed by atoms with E-state index in [0.29, 0.717) is 17.1 Å². The number of esters is 1. The number of rotatable bonds is 6. The molecule has 1 fully saturated rings. The van der Waals surface area contributed by atoms with Crippen LogP contribution in [0, 0.1) is 5.92 Å². The molecule has 0 bridgehead atoms. The summed E-state index contributed by atoms with van der Waals surface area (Å²) in [4.78, 5) is 38.8. The molecule has 2 amide bonds. The van der Waals surface area contributed by atoms with Crippen molar-refractivity contribution in [3.8, 4) is 5.75 Å². The Morgan fingerprint density at radius 2 is 1.77 bits per heavy atom. The summed E-state index contributed by atoms with van der Waals surface area (Å²) in [5.41, 5.74) is 1.26. The number of nitrogens with one attached hydrogen (secondary N) is 1. The van der Waals surface area contributed by atoms with E-state index in [-0.39, 0.29) is 18.9 Å². The molecule has 1 N–H and O–H groups in total. The molecule has 1 aliphatic heterocycles. The maximum atomic E-state index is 12.5. The van der Waals surface area contributed by atoms with Crippen molar-refractivity contribution in [2.75, 3.05) is 30.5 Å². The first-order valence-electron chi connectivity index (χ1n) is 9.94. The summed E-state index contributed by atoms with van der Waals surface area (Å²) in [6.07, 6.45) is 0.0296. The van der Waals surface area contributed by atoms with Crippen molar-refractivity contribution in [2.45, 2.75) is 6.42 Å². The number of ether oxygens (including phenoxy) is 2. The van der Waals surface area contributed by atoms with Crippen LogP contribution in [0.4, 0.5) is 11.4 Å². The van der Waals surface area contributed by atoms with Crippen LogP contribution >= 0.6 is 0 Å². The number of carbonyl (C=O) groups is 3. The Kier molecular flexibility index (Phi) is 5.84. The molecule has 1 heterocycles. The summed E-state index contributed by atoms with van der Waals surface area (Å²) in [5, 5.41) is 4.68. The molecule has 3 aromatic rings. The van der Waals surface area contributed by atoms with Gasteiger partial charge in [0.15, 0.2) is 6.61 Å². The van der Waals surface area contributed by atoms with Crippen molar-refractivity contribution in [3.63, 3.8) is 0 Å². The number of benzene rings is 3. The molecule has 0 radical (unpaired) electrons. The minimum absolute atomic E-state index is 0.0296. The predicted octanol–water partition coefficient (Wildman–Crippen LogP) is 3.38. The van der Waals surface area contributed by atoms with Crippen molar-refractivity contribution in [1.82, 2.24) is 0 Å². The highest BCUT2D eigenvalue weighted by molar-refractivity contribution is 6.03. The van der Waals surface area contributed by atoms with Gasteiger partial charge in [0.2, 0.25) is 5.91 Å². The number of carbonyl (C=O) groups excluding carboxylic acids is 3. The molecule has 0 spiro atoms. The number of fused-ring (bicyclic) bond motifs is 1. The molecule has 7 heteroatoms. The van der Waals surface area contributed by atoms with Crippen molar-refractivity contribution in [2.24, 2.45) is 5.92 Å². The van der Waals surface area contributed by atoms with E-state index in [9.17, 15) is 14.4 Å². The van der Waals surface area contributed by atoms with Gasteiger partial charge in [0.1, 0.15) is 5.75 Å². The first-order chi connectivity index (χ1) is 15.1. The smallest absolute Gasteiger partial charge is 0.311 e. The fourth-order valence-corrected chi connectivity index (χ4v) is 3.73. The van der Waals surface area contributed by atoms with Crippen LogP contribution in [-0.2, 0) is 19.1 Å². The molecular weight excluding hydrogens is 396 g/mol. The quantitative estimate of drug-likeness (QED) is 0.621. The van der Waals surface area contributed by atoms with Crippen molar-refractivity contribution < 1.29 is 23.9 Å². The molecule has 31 heavy (non-hydrogen) atoms. The highest BCUT2D eigenvalue weighted by Crippen LogP contribution is 2.33. The standard InChI is InChI=1S/C24H22N2O5/c1-30-21-12-5-4-11-20(21)26-14-17(13-23(26)28)24(29)31-15-22(27)25-19-10-6-8-16-7-2-3-9-18(16)19/h2-12,17H,13-15H2,1H3,(H,25,27)/t17-/m0/s1. The van der Waals surface area contributed by atoms with Gasteiger partial charge in [-0.2, -0.15) is 0 Å². The van der Waals surface area contributed by atoms with Gasteiger partial charge in [0.05, 0.1) is 18.7 Å². The molecule has 0 aliphatic carbocycles. The van der Waals surface area contributed by atoms with Crippen LogP contribution in [0.2, 0.25) is 0 Å². The number of methoxy groups -OCH3 is 1. The monoisotopic (exact) mass is 418 g/mol. The van der Waals surface area contributed by atoms with Crippen LogP contribution in [-0.4, -0.2) is 38.0 Å². The van der Waals surface area contributed by atoms with Crippen LogP contribution < -0.4 is 15.0 Å². The third-order valence-corrected chi connectivity index (χ3v) is 5.24. The van der Waals surface area contributed by atoms with E-state index in [2.05, 4.69) is 5.32 Å². The predicted molar refractivity (Wildman–Crippen MR) is 117 cm³/mol. The van der Waals surface area contributed by atoms with E-state index in [4.69, 9.17) is 9.47 Å². The minimum Gasteiger partial charge on any atom is -0.495 e. The van der Waals surface area contributed by atoms with Crippen molar-refractivity contribution >= 4 is 39.9 Å². The van der Waals surface area contributed by atoms with Crippen LogP contribution in [0.15, 0.2) is 66.7 Å². The molecule has 7 nitrogen and oxygen atoms in total. The molecule has 158 valence electrons. The van der Waals surface area contributed by atoms with Crippen LogP contribution in [0.5, 0.6) is 5.75 Å². The van der Waals surface area contributed by atoms with Gasteiger partial charge in [0.25, 0.3) is 5.91 Å². The van der Waals surface area contributed by atoms with Gasteiger partial charge >= 0.3 is 5.97 Å². The Hall–Kier alpha value is -3.87. The topological polar surface area (TPSA) is 84.9 Å². The van der Waals surface area contributed by atoms with Gasteiger partial charge in [-0.05, 0) is 23.6 Å². The second-order valence-electron chi connectivity index (χ2n) is 7.26. The number of hydrogen-bond acceptors (Lipinski definition) is 5. The fraction of sp³-hybridized carbons (Fsp3) is 0.208. The molecule has 4 rings (SSSR count).